The lowest BCUT2D eigenvalue weighted by molar-refractivity contribution is -0.122. The zero-order valence-electron chi connectivity index (χ0n) is 10.6. The molecule has 0 spiro atoms. The summed E-state index contributed by atoms with van der Waals surface area (Å²) < 4.78 is 5.31. The van der Waals surface area contributed by atoms with Gasteiger partial charge in [0, 0.05) is 23.9 Å². The quantitative estimate of drug-likeness (QED) is 0.685. The number of benzene rings is 1. The topological polar surface area (TPSA) is 58.6 Å². The van der Waals surface area contributed by atoms with Crippen LogP contribution >= 0.6 is 23.4 Å². The molecule has 0 fully saturated rings. The van der Waals surface area contributed by atoms with E-state index in [1.54, 1.807) is 36.0 Å². The number of aliphatic hydroxyl groups is 1. The van der Waals surface area contributed by atoms with Crippen molar-refractivity contribution in [1.29, 1.82) is 0 Å². The first kappa shape index (κ1) is 16.1. The maximum absolute atomic E-state index is 11.5. The molecule has 19 heavy (non-hydrogen) atoms. The van der Waals surface area contributed by atoms with Gasteiger partial charge in [-0.2, -0.15) is 11.8 Å². The van der Waals surface area contributed by atoms with E-state index in [9.17, 15) is 4.79 Å². The zero-order valence-corrected chi connectivity index (χ0v) is 12.2. The Morgan fingerprint density at radius 1 is 1.42 bits per heavy atom. The van der Waals surface area contributed by atoms with Crippen molar-refractivity contribution in [1.82, 2.24) is 5.32 Å². The lowest BCUT2D eigenvalue weighted by atomic mass is 10.3. The van der Waals surface area contributed by atoms with Gasteiger partial charge in [-0.25, -0.2) is 0 Å². The largest absolute Gasteiger partial charge is 0.484 e. The third-order valence-electron chi connectivity index (χ3n) is 2.18. The Balaban J connectivity index is 2.08. The summed E-state index contributed by atoms with van der Waals surface area (Å²) in [5.74, 6) is 2.18. The first-order valence-corrected chi connectivity index (χ1v) is 7.59. The molecule has 0 saturated carbocycles. The molecule has 0 bridgehead atoms. The zero-order chi connectivity index (χ0) is 13.9. The van der Waals surface area contributed by atoms with Gasteiger partial charge in [0.2, 0.25) is 0 Å². The summed E-state index contributed by atoms with van der Waals surface area (Å²) in [6.45, 7) is 0.808. The van der Waals surface area contributed by atoms with Crippen LogP contribution in [0.1, 0.15) is 6.42 Å². The van der Waals surface area contributed by atoms with Crippen LogP contribution in [0.25, 0.3) is 0 Å². The van der Waals surface area contributed by atoms with E-state index < -0.39 is 0 Å². The number of carbonyl (C=O) groups is 1. The molecule has 0 aliphatic carbocycles. The summed E-state index contributed by atoms with van der Waals surface area (Å²) >= 11 is 7.51. The number of aliphatic hydroxyl groups excluding tert-OH is 1. The molecule has 1 aromatic rings. The minimum Gasteiger partial charge on any atom is -0.484 e. The minimum absolute atomic E-state index is 0.0123. The third-order valence-corrected chi connectivity index (χ3v) is 3.49. The molecule has 0 aliphatic rings. The average molecular weight is 304 g/mol. The molecule has 0 unspecified atom stereocenters. The summed E-state index contributed by atoms with van der Waals surface area (Å²) in [4.78, 5) is 11.5. The smallest absolute Gasteiger partial charge is 0.257 e. The fourth-order valence-corrected chi connectivity index (χ4v) is 2.25. The Labute approximate surface area is 122 Å². The molecule has 0 aromatic heterocycles. The highest BCUT2D eigenvalue weighted by Crippen LogP contribution is 2.16. The van der Waals surface area contributed by atoms with E-state index in [1.807, 2.05) is 0 Å². The SMILES string of the molecule is O=C(COc1cccc(Cl)c1)NCCSCCCO. The van der Waals surface area contributed by atoms with Crippen molar-refractivity contribution in [2.24, 2.45) is 0 Å². The lowest BCUT2D eigenvalue weighted by Gasteiger charge is -2.07. The molecule has 1 aromatic carbocycles. The molecule has 1 rings (SSSR count). The van der Waals surface area contributed by atoms with Gasteiger partial charge in [-0.05, 0) is 30.4 Å². The number of thioether (sulfide) groups is 1. The second-order valence-corrected chi connectivity index (χ2v) is 5.45. The monoisotopic (exact) mass is 303 g/mol. The molecule has 0 aliphatic heterocycles. The Morgan fingerprint density at radius 2 is 2.26 bits per heavy atom. The van der Waals surface area contributed by atoms with Gasteiger partial charge in [-0.3, -0.25) is 4.79 Å². The fraction of sp³-hybridized carbons (Fsp3) is 0.462. The van der Waals surface area contributed by atoms with E-state index in [0.717, 1.165) is 17.9 Å². The first-order valence-electron chi connectivity index (χ1n) is 6.06. The van der Waals surface area contributed by atoms with Crippen LogP contribution in [0, 0.1) is 0 Å². The molecular formula is C13H18ClNO3S. The number of rotatable bonds is 9. The highest BCUT2D eigenvalue weighted by atomic mass is 35.5. The predicted molar refractivity (Wildman–Crippen MR) is 79.0 cm³/mol. The Bertz CT molecular complexity index is 390. The maximum Gasteiger partial charge on any atom is 0.257 e. The van der Waals surface area contributed by atoms with Gasteiger partial charge < -0.3 is 15.2 Å². The van der Waals surface area contributed by atoms with Crippen molar-refractivity contribution < 1.29 is 14.6 Å². The van der Waals surface area contributed by atoms with Crippen molar-refractivity contribution in [3.63, 3.8) is 0 Å². The van der Waals surface area contributed by atoms with Crippen LogP contribution in [0.15, 0.2) is 24.3 Å². The number of hydrogen-bond acceptors (Lipinski definition) is 4. The average Bonchev–Trinajstić information content (AvgIpc) is 2.40. The number of carbonyl (C=O) groups excluding carboxylic acids is 1. The number of ether oxygens (including phenoxy) is 1. The van der Waals surface area contributed by atoms with Crippen molar-refractivity contribution in [3.05, 3.63) is 29.3 Å². The minimum atomic E-state index is -0.150. The van der Waals surface area contributed by atoms with Crippen molar-refractivity contribution in [3.8, 4) is 5.75 Å². The van der Waals surface area contributed by atoms with Gasteiger partial charge in [0.1, 0.15) is 5.75 Å². The Morgan fingerprint density at radius 3 is 3.00 bits per heavy atom. The molecule has 0 radical (unpaired) electrons. The van der Waals surface area contributed by atoms with E-state index in [2.05, 4.69) is 5.32 Å². The van der Waals surface area contributed by atoms with E-state index in [-0.39, 0.29) is 19.1 Å². The van der Waals surface area contributed by atoms with Crippen LogP contribution < -0.4 is 10.1 Å². The lowest BCUT2D eigenvalue weighted by Crippen LogP contribution is -2.30. The summed E-state index contributed by atoms with van der Waals surface area (Å²) in [6.07, 6.45) is 0.788. The van der Waals surface area contributed by atoms with Gasteiger partial charge >= 0.3 is 0 Å². The van der Waals surface area contributed by atoms with Crippen LogP contribution in [-0.2, 0) is 4.79 Å². The highest BCUT2D eigenvalue weighted by molar-refractivity contribution is 7.99. The maximum atomic E-state index is 11.5. The summed E-state index contributed by atoms with van der Waals surface area (Å²) in [7, 11) is 0. The van der Waals surface area contributed by atoms with Gasteiger partial charge in [-0.15, -0.1) is 0 Å². The molecule has 2 N–H and O–H groups in total. The van der Waals surface area contributed by atoms with Crippen LogP contribution in [0.4, 0.5) is 0 Å². The van der Waals surface area contributed by atoms with Crippen molar-refractivity contribution >= 4 is 29.3 Å². The molecule has 0 heterocycles. The first-order chi connectivity index (χ1) is 9.22. The Hall–Kier alpha value is -0.910. The van der Waals surface area contributed by atoms with E-state index in [4.69, 9.17) is 21.4 Å². The second-order valence-electron chi connectivity index (χ2n) is 3.79. The summed E-state index contributed by atoms with van der Waals surface area (Å²) in [6, 6.07) is 6.94. The second kappa shape index (κ2) is 9.95. The van der Waals surface area contributed by atoms with E-state index >= 15 is 0 Å². The van der Waals surface area contributed by atoms with E-state index in [0.29, 0.717) is 17.3 Å². The number of amides is 1. The van der Waals surface area contributed by atoms with Crippen LogP contribution in [-0.4, -0.2) is 42.3 Å². The van der Waals surface area contributed by atoms with Gasteiger partial charge in [0.25, 0.3) is 5.91 Å². The van der Waals surface area contributed by atoms with Crippen molar-refractivity contribution in [2.75, 3.05) is 31.3 Å². The molecule has 0 atom stereocenters. The van der Waals surface area contributed by atoms with E-state index in [1.165, 1.54) is 0 Å². The molecule has 4 nitrogen and oxygen atoms in total. The van der Waals surface area contributed by atoms with Gasteiger partial charge in [0.05, 0.1) is 0 Å². The molecule has 1 amide bonds. The van der Waals surface area contributed by atoms with Crippen LogP contribution in [0.3, 0.4) is 0 Å². The van der Waals surface area contributed by atoms with Gasteiger partial charge in [0.15, 0.2) is 6.61 Å². The molecule has 0 saturated heterocycles. The fourth-order valence-electron chi connectivity index (χ4n) is 1.29. The van der Waals surface area contributed by atoms with Crippen molar-refractivity contribution in [2.45, 2.75) is 6.42 Å². The molecular weight excluding hydrogens is 286 g/mol. The standard InChI is InChI=1S/C13H18ClNO3S/c14-11-3-1-4-12(9-11)18-10-13(17)15-5-8-19-7-2-6-16/h1,3-4,9,16H,2,5-8,10H2,(H,15,17). The van der Waals surface area contributed by atoms with Crippen LogP contribution in [0.5, 0.6) is 5.75 Å². The number of nitrogens with one attached hydrogen (secondary N) is 1. The Kier molecular flexibility index (Phi) is 8.45. The van der Waals surface area contributed by atoms with Gasteiger partial charge in [-0.1, -0.05) is 17.7 Å². The van der Waals surface area contributed by atoms with Crippen LogP contribution in [0.2, 0.25) is 5.02 Å². The number of halogens is 1. The molecule has 6 heteroatoms. The normalized spacial score (nSPS) is 10.2. The summed E-state index contributed by atoms with van der Waals surface area (Å²) in [5, 5.41) is 11.9. The third kappa shape index (κ3) is 7.97. The summed E-state index contributed by atoms with van der Waals surface area (Å²) in [5.41, 5.74) is 0. The molecule has 106 valence electrons. The highest BCUT2D eigenvalue weighted by Gasteiger charge is 2.02. The predicted octanol–water partition coefficient (Wildman–Crippen LogP) is 1.95. The number of hydrogen-bond donors (Lipinski definition) is 2.